The SMILES string of the molecule is CC(C)(CCCN1CCCC1)C(=O)O. The number of carbonyl (C=O) groups is 1. The van der Waals surface area contributed by atoms with Gasteiger partial charge in [0.05, 0.1) is 5.41 Å². The normalized spacial score (nSPS) is 18.7. The first kappa shape index (κ1) is 11.5. The van der Waals surface area contributed by atoms with Crippen molar-refractivity contribution in [2.75, 3.05) is 19.6 Å². The van der Waals surface area contributed by atoms with Crippen LogP contribution in [-0.4, -0.2) is 35.6 Å². The van der Waals surface area contributed by atoms with E-state index in [1.54, 1.807) is 13.8 Å². The number of hydrogen-bond donors (Lipinski definition) is 1. The molecule has 0 saturated carbocycles. The standard InChI is InChI=1S/C11H21NO2/c1-11(2,10(13)14)6-5-9-12-7-3-4-8-12/h3-9H2,1-2H3,(H,13,14). The third-order valence-electron chi connectivity index (χ3n) is 3.05. The van der Waals surface area contributed by atoms with E-state index in [4.69, 9.17) is 5.11 Å². The van der Waals surface area contributed by atoms with Crippen molar-refractivity contribution >= 4 is 5.97 Å². The Bertz CT molecular complexity index is 195. The molecule has 82 valence electrons. The molecule has 1 heterocycles. The maximum atomic E-state index is 10.8. The molecule has 1 fully saturated rings. The van der Waals surface area contributed by atoms with Gasteiger partial charge in [0.2, 0.25) is 0 Å². The number of rotatable bonds is 5. The molecule has 0 bridgehead atoms. The van der Waals surface area contributed by atoms with E-state index in [2.05, 4.69) is 4.90 Å². The van der Waals surface area contributed by atoms with E-state index in [0.29, 0.717) is 0 Å². The first-order chi connectivity index (χ1) is 6.52. The summed E-state index contributed by atoms with van der Waals surface area (Å²) in [4.78, 5) is 13.3. The van der Waals surface area contributed by atoms with Crippen LogP contribution < -0.4 is 0 Å². The zero-order valence-corrected chi connectivity index (χ0v) is 9.25. The fraction of sp³-hybridized carbons (Fsp3) is 0.909. The Kier molecular flexibility index (Phi) is 3.93. The minimum Gasteiger partial charge on any atom is -0.481 e. The van der Waals surface area contributed by atoms with E-state index < -0.39 is 11.4 Å². The van der Waals surface area contributed by atoms with Gasteiger partial charge in [-0.2, -0.15) is 0 Å². The molecule has 3 heteroatoms. The quantitative estimate of drug-likeness (QED) is 0.736. The number of likely N-dealkylation sites (tertiary alicyclic amines) is 1. The van der Waals surface area contributed by atoms with Gasteiger partial charge in [-0.05, 0) is 59.2 Å². The number of carboxylic acid groups (broad SMARTS) is 1. The highest BCUT2D eigenvalue weighted by Crippen LogP contribution is 2.23. The Morgan fingerprint density at radius 2 is 1.93 bits per heavy atom. The number of carboxylic acids is 1. The summed E-state index contributed by atoms with van der Waals surface area (Å²) in [6.07, 6.45) is 4.39. The number of aliphatic carboxylic acids is 1. The third-order valence-corrected chi connectivity index (χ3v) is 3.05. The number of hydrogen-bond acceptors (Lipinski definition) is 2. The molecule has 0 aromatic rings. The lowest BCUT2D eigenvalue weighted by Gasteiger charge is -2.21. The van der Waals surface area contributed by atoms with E-state index in [1.165, 1.54) is 25.9 Å². The molecule has 0 radical (unpaired) electrons. The fourth-order valence-corrected chi connectivity index (χ4v) is 1.86. The zero-order chi connectivity index (χ0) is 10.6. The van der Waals surface area contributed by atoms with Gasteiger partial charge in [-0.3, -0.25) is 4.79 Å². The molecular formula is C11H21NO2. The van der Waals surface area contributed by atoms with Crippen LogP contribution in [-0.2, 0) is 4.79 Å². The molecule has 3 nitrogen and oxygen atoms in total. The number of nitrogens with zero attached hydrogens (tertiary/aromatic N) is 1. The monoisotopic (exact) mass is 199 g/mol. The largest absolute Gasteiger partial charge is 0.481 e. The van der Waals surface area contributed by atoms with Gasteiger partial charge < -0.3 is 10.0 Å². The van der Waals surface area contributed by atoms with E-state index in [9.17, 15) is 4.79 Å². The van der Waals surface area contributed by atoms with Crippen LogP contribution in [0.1, 0.15) is 39.5 Å². The van der Waals surface area contributed by atoms with Gasteiger partial charge in [0, 0.05) is 0 Å². The molecular weight excluding hydrogens is 178 g/mol. The third kappa shape index (κ3) is 3.29. The lowest BCUT2D eigenvalue weighted by atomic mass is 9.88. The van der Waals surface area contributed by atoms with Gasteiger partial charge >= 0.3 is 5.97 Å². The molecule has 0 aliphatic carbocycles. The van der Waals surface area contributed by atoms with Gasteiger partial charge in [-0.1, -0.05) is 0 Å². The van der Waals surface area contributed by atoms with Crippen LogP contribution in [0.15, 0.2) is 0 Å². The molecule has 1 aliphatic rings. The highest BCUT2D eigenvalue weighted by atomic mass is 16.4. The van der Waals surface area contributed by atoms with Crippen molar-refractivity contribution in [2.45, 2.75) is 39.5 Å². The summed E-state index contributed by atoms with van der Waals surface area (Å²) in [5.41, 5.74) is -0.556. The van der Waals surface area contributed by atoms with Crippen molar-refractivity contribution in [1.29, 1.82) is 0 Å². The first-order valence-corrected chi connectivity index (χ1v) is 5.48. The lowest BCUT2D eigenvalue weighted by Crippen LogP contribution is -2.26. The summed E-state index contributed by atoms with van der Waals surface area (Å²) in [7, 11) is 0. The second kappa shape index (κ2) is 4.78. The van der Waals surface area contributed by atoms with Crippen LogP contribution in [0.25, 0.3) is 0 Å². The van der Waals surface area contributed by atoms with Gasteiger partial charge in [0.1, 0.15) is 0 Å². The minimum absolute atomic E-state index is 0.556. The summed E-state index contributed by atoms with van der Waals surface area (Å²) < 4.78 is 0. The lowest BCUT2D eigenvalue weighted by molar-refractivity contribution is -0.147. The Labute approximate surface area is 86.1 Å². The molecule has 1 rings (SSSR count). The van der Waals surface area contributed by atoms with Gasteiger partial charge in [-0.25, -0.2) is 0 Å². The molecule has 1 saturated heterocycles. The van der Waals surface area contributed by atoms with Crippen LogP contribution in [0.5, 0.6) is 0 Å². The van der Waals surface area contributed by atoms with Gasteiger partial charge in [0.15, 0.2) is 0 Å². The summed E-state index contributed by atoms with van der Waals surface area (Å²) in [5, 5.41) is 8.92. The Hall–Kier alpha value is -0.570. The van der Waals surface area contributed by atoms with E-state index in [0.717, 1.165) is 19.4 Å². The second-order valence-corrected chi connectivity index (χ2v) is 4.84. The van der Waals surface area contributed by atoms with Crippen LogP contribution in [0.3, 0.4) is 0 Å². The van der Waals surface area contributed by atoms with Crippen LogP contribution in [0.2, 0.25) is 0 Å². The van der Waals surface area contributed by atoms with E-state index in [-0.39, 0.29) is 0 Å². The maximum Gasteiger partial charge on any atom is 0.309 e. The first-order valence-electron chi connectivity index (χ1n) is 5.48. The Morgan fingerprint density at radius 1 is 1.36 bits per heavy atom. The molecule has 0 atom stereocenters. The summed E-state index contributed by atoms with van der Waals surface area (Å²) >= 11 is 0. The molecule has 1 N–H and O–H groups in total. The van der Waals surface area contributed by atoms with Crippen LogP contribution in [0.4, 0.5) is 0 Å². The van der Waals surface area contributed by atoms with Crippen molar-refractivity contribution in [1.82, 2.24) is 4.90 Å². The van der Waals surface area contributed by atoms with Crippen LogP contribution >= 0.6 is 0 Å². The molecule has 0 unspecified atom stereocenters. The minimum atomic E-state index is -0.682. The second-order valence-electron chi connectivity index (χ2n) is 4.84. The highest BCUT2D eigenvalue weighted by Gasteiger charge is 2.26. The zero-order valence-electron chi connectivity index (χ0n) is 9.25. The molecule has 0 aromatic heterocycles. The Morgan fingerprint density at radius 3 is 2.43 bits per heavy atom. The predicted molar refractivity (Wildman–Crippen MR) is 56.3 cm³/mol. The average Bonchev–Trinajstić information content (AvgIpc) is 2.56. The fourth-order valence-electron chi connectivity index (χ4n) is 1.86. The Balaban J connectivity index is 2.16. The van der Waals surface area contributed by atoms with Gasteiger partial charge in [0.25, 0.3) is 0 Å². The van der Waals surface area contributed by atoms with Crippen molar-refractivity contribution in [3.8, 4) is 0 Å². The summed E-state index contributed by atoms with van der Waals surface area (Å²) in [5.74, 6) is -0.682. The molecule has 0 spiro atoms. The van der Waals surface area contributed by atoms with Crippen molar-refractivity contribution < 1.29 is 9.90 Å². The highest BCUT2D eigenvalue weighted by molar-refractivity contribution is 5.73. The van der Waals surface area contributed by atoms with E-state index >= 15 is 0 Å². The van der Waals surface area contributed by atoms with Crippen molar-refractivity contribution in [2.24, 2.45) is 5.41 Å². The maximum absolute atomic E-state index is 10.8. The summed E-state index contributed by atoms with van der Waals surface area (Å²) in [6, 6.07) is 0. The molecule has 0 aromatic carbocycles. The molecule has 0 amide bonds. The average molecular weight is 199 g/mol. The summed E-state index contributed by atoms with van der Waals surface area (Å²) in [6.45, 7) is 7.08. The smallest absolute Gasteiger partial charge is 0.309 e. The van der Waals surface area contributed by atoms with E-state index in [1.807, 2.05) is 0 Å². The molecule has 1 aliphatic heterocycles. The van der Waals surface area contributed by atoms with Crippen LogP contribution in [0, 0.1) is 5.41 Å². The molecule has 14 heavy (non-hydrogen) atoms. The van der Waals surface area contributed by atoms with Crippen molar-refractivity contribution in [3.05, 3.63) is 0 Å². The van der Waals surface area contributed by atoms with Crippen molar-refractivity contribution in [3.63, 3.8) is 0 Å². The van der Waals surface area contributed by atoms with Gasteiger partial charge in [-0.15, -0.1) is 0 Å². The predicted octanol–water partition coefficient (Wildman–Crippen LogP) is 1.97. The topological polar surface area (TPSA) is 40.5 Å².